The van der Waals surface area contributed by atoms with Crippen LogP contribution in [0.5, 0.6) is 0 Å². The molecule has 0 aromatic carbocycles. The number of thiazole rings is 1. The fourth-order valence-corrected chi connectivity index (χ4v) is 3.11. The first-order valence-electron chi connectivity index (χ1n) is 6.08. The van der Waals surface area contributed by atoms with Crippen LogP contribution in [0.3, 0.4) is 0 Å². The minimum absolute atomic E-state index is 0.105. The lowest BCUT2D eigenvalue weighted by molar-refractivity contribution is 0.743. The maximum Gasteiger partial charge on any atom is 0.142 e. The molecule has 0 aliphatic heterocycles. The minimum atomic E-state index is 0.105. The highest BCUT2D eigenvalue weighted by atomic mass is 32.1. The van der Waals surface area contributed by atoms with Gasteiger partial charge in [-0.1, -0.05) is 0 Å². The molecule has 0 radical (unpaired) electrons. The number of hydrogen-bond donors (Lipinski definition) is 1. The second kappa shape index (κ2) is 5.02. The van der Waals surface area contributed by atoms with Gasteiger partial charge in [-0.05, 0) is 27.7 Å². The summed E-state index contributed by atoms with van der Waals surface area (Å²) in [4.78, 5) is 5.63. The summed E-state index contributed by atoms with van der Waals surface area (Å²) in [6.45, 7) is 7.93. The zero-order valence-electron chi connectivity index (χ0n) is 11.8. The van der Waals surface area contributed by atoms with Crippen molar-refractivity contribution in [1.82, 2.24) is 14.8 Å². The molecule has 2 heterocycles. The Hall–Kier alpha value is -1.87. The first kappa shape index (κ1) is 13.6. The van der Waals surface area contributed by atoms with E-state index < -0.39 is 0 Å². The van der Waals surface area contributed by atoms with Crippen LogP contribution in [0, 0.1) is 32.1 Å². The van der Waals surface area contributed by atoms with Crippen molar-refractivity contribution in [3.63, 3.8) is 0 Å². The third-order valence-electron chi connectivity index (χ3n) is 3.02. The monoisotopic (exact) mass is 275 g/mol. The van der Waals surface area contributed by atoms with Crippen LogP contribution in [-0.4, -0.2) is 14.8 Å². The van der Waals surface area contributed by atoms with Crippen LogP contribution in [0.25, 0.3) is 0 Å². The van der Waals surface area contributed by atoms with Crippen molar-refractivity contribution in [3.05, 3.63) is 26.8 Å². The van der Waals surface area contributed by atoms with Gasteiger partial charge in [0.25, 0.3) is 0 Å². The number of anilines is 1. The van der Waals surface area contributed by atoms with E-state index in [0.29, 0.717) is 5.56 Å². The highest BCUT2D eigenvalue weighted by molar-refractivity contribution is 7.11. The summed E-state index contributed by atoms with van der Waals surface area (Å²) in [6.07, 6.45) is 0. The molecule has 1 unspecified atom stereocenters. The summed E-state index contributed by atoms with van der Waals surface area (Å²) in [5.41, 5.74) is 2.39. The molecule has 0 aliphatic rings. The van der Waals surface area contributed by atoms with Crippen LogP contribution in [0.15, 0.2) is 0 Å². The van der Waals surface area contributed by atoms with Gasteiger partial charge < -0.3 is 5.32 Å². The molecule has 0 amide bonds. The number of nitriles is 1. The van der Waals surface area contributed by atoms with Crippen molar-refractivity contribution in [2.45, 2.75) is 33.7 Å². The molecular weight excluding hydrogens is 258 g/mol. The molecule has 6 heteroatoms. The zero-order valence-corrected chi connectivity index (χ0v) is 12.6. The van der Waals surface area contributed by atoms with Gasteiger partial charge in [0.1, 0.15) is 17.5 Å². The normalized spacial score (nSPS) is 12.2. The molecule has 2 aromatic heterocycles. The maximum absolute atomic E-state index is 9.20. The van der Waals surface area contributed by atoms with Gasteiger partial charge in [-0.15, -0.1) is 11.3 Å². The Morgan fingerprint density at radius 1 is 1.32 bits per heavy atom. The van der Waals surface area contributed by atoms with Gasteiger partial charge in [0, 0.05) is 11.9 Å². The first-order chi connectivity index (χ1) is 8.93. The Bertz CT molecular complexity index is 647. The van der Waals surface area contributed by atoms with Crippen molar-refractivity contribution in [2.24, 2.45) is 7.05 Å². The molecule has 0 spiro atoms. The van der Waals surface area contributed by atoms with E-state index in [1.54, 1.807) is 16.0 Å². The second-order valence-corrected chi connectivity index (χ2v) is 5.83. The molecule has 5 nitrogen and oxygen atoms in total. The lowest BCUT2D eigenvalue weighted by Crippen LogP contribution is -2.10. The number of nitrogens with one attached hydrogen (secondary N) is 1. The SMILES string of the molecule is Cc1nc(C)c(C(C)Nc2c(C#N)c(C)nn2C)s1. The first-order valence-corrected chi connectivity index (χ1v) is 6.89. The fraction of sp³-hybridized carbons (Fsp3) is 0.462. The largest absolute Gasteiger partial charge is 0.362 e. The molecule has 1 N–H and O–H groups in total. The highest BCUT2D eigenvalue weighted by Crippen LogP contribution is 2.29. The van der Waals surface area contributed by atoms with Crippen LogP contribution >= 0.6 is 11.3 Å². The van der Waals surface area contributed by atoms with Gasteiger partial charge in [0.05, 0.1) is 22.4 Å². The standard InChI is InChI=1S/C13H17N5S/c1-7-11(6-14)13(18(5)17-7)16-9(3)12-8(2)15-10(4)19-12/h9,16H,1-5H3. The Morgan fingerprint density at radius 3 is 2.53 bits per heavy atom. The number of hydrogen-bond acceptors (Lipinski definition) is 5. The van der Waals surface area contributed by atoms with Crippen LogP contribution in [-0.2, 0) is 7.05 Å². The van der Waals surface area contributed by atoms with E-state index in [1.165, 1.54) is 4.88 Å². The van der Waals surface area contributed by atoms with E-state index in [-0.39, 0.29) is 6.04 Å². The third kappa shape index (κ3) is 2.47. The molecule has 2 aromatic rings. The molecule has 100 valence electrons. The summed E-state index contributed by atoms with van der Waals surface area (Å²) < 4.78 is 1.72. The molecule has 0 saturated heterocycles. The quantitative estimate of drug-likeness (QED) is 0.935. The predicted molar refractivity (Wildman–Crippen MR) is 76.3 cm³/mol. The van der Waals surface area contributed by atoms with Gasteiger partial charge >= 0.3 is 0 Å². The number of aromatic nitrogens is 3. The molecule has 0 bridgehead atoms. The van der Waals surface area contributed by atoms with Crippen LogP contribution in [0.4, 0.5) is 5.82 Å². The van der Waals surface area contributed by atoms with E-state index in [4.69, 9.17) is 0 Å². The molecule has 19 heavy (non-hydrogen) atoms. The fourth-order valence-electron chi connectivity index (χ4n) is 2.18. The Morgan fingerprint density at radius 2 is 2.00 bits per heavy atom. The van der Waals surface area contributed by atoms with E-state index in [2.05, 4.69) is 28.4 Å². The van der Waals surface area contributed by atoms with Gasteiger partial charge in [0.2, 0.25) is 0 Å². The predicted octanol–water partition coefficient (Wildman–Crippen LogP) is 2.85. The van der Waals surface area contributed by atoms with E-state index in [9.17, 15) is 5.26 Å². The lowest BCUT2D eigenvalue weighted by Gasteiger charge is -2.14. The molecule has 0 fully saturated rings. The summed E-state index contributed by atoms with van der Waals surface area (Å²) in [7, 11) is 1.84. The zero-order chi connectivity index (χ0) is 14.2. The van der Waals surface area contributed by atoms with E-state index in [0.717, 1.165) is 22.2 Å². The Labute approximate surface area is 116 Å². The summed E-state index contributed by atoms with van der Waals surface area (Å²) in [5.74, 6) is 0.762. The molecule has 0 aliphatic carbocycles. The lowest BCUT2D eigenvalue weighted by atomic mass is 10.2. The topological polar surface area (TPSA) is 66.5 Å². The van der Waals surface area contributed by atoms with Gasteiger partial charge in [0.15, 0.2) is 0 Å². The Balaban J connectivity index is 2.32. The third-order valence-corrected chi connectivity index (χ3v) is 4.28. The van der Waals surface area contributed by atoms with Crippen molar-refractivity contribution in [3.8, 4) is 6.07 Å². The molecule has 1 atom stereocenters. The van der Waals surface area contributed by atoms with Crippen molar-refractivity contribution in [1.29, 1.82) is 5.26 Å². The minimum Gasteiger partial charge on any atom is -0.362 e. The van der Waals surface area contributed by atoms with Crippen molar-refractivity contribution >= 4 is 17.2 Å². The van der Waals surface area contributed by atoms with Gasteiger partial charge in [-0.25, -0.2) is 4.98 Å². The number of aryl methyl sites for hydroxylation is 4. The van der Waals surface area contributed by atoms with Crippen LogP contribution < -0.4 is 5.32 Å². The van der Waals surface area contributed by atoms with Gasteiger partial charge in [-0.3, -0.25) is 4.68 Å². The maximum atomic E-state index is 9.20. The summed E-state index contributed by atoms with van der Waals surface area (Å²) >= 11 is 1.68. The van der Waals surface area contributed by atoms with Crippen molar-refractivity contribution in [2.75, 3.05) is 5.32 Å². The average Bonchev–Trinajstić information content (AvgIpc) is 2.79. The van der Waals surface area contributed by atoms with Crippen LogP contribution in [0.2, 0.25) is 0 Å². The van der Waals surface area contributed by atoms with Crippen molar-refractivity contribution < 1.29 is 0 Å². The summed E-state index contributed by atoms with van der Waals surface area (Å²) in [5, 5.41) is 17.9. The van der Waals surface area contributed by atoms with E-state index in [1.807, 2.05) is 27.8 Å². The number of rotatable bonds is 3. The smallest absolute Gasteiger partial charge is 0.142 e. The van der Waals surface area contributed by atoms with Crippen LogP contribution in [0.1, 0.15) is 39.8 Å². The highest BCUT2D eigenvalue weighted by Gasteiger charge is 2.18. The Kier molecular flexibility index (Phi) is 3.58. The van der Waals surface area contributed by atoms with E-state index >= 15 is 0 Å². The van der Waals surface area contributed by atoms with Gasteiger partial charge in [-0.2, -0.15) is 10.4 Å². The summed E-state index contributed by atoms with van der Waals surface area (Å²) in [6, 6.07) is 2.31. The molecular formula is C13H17N5S. The molecule has 0 saturated carbocycles. The average molecular weight is 275 g/mol. The molecule has 2 rings (SSSR count). The second-order valence-electron chi connectivity index (χ2n) is 4.59. The number of nitrogens with zero attached hydrogens (tertiary/aromatic N) is 4.